The Balaban J connectivity index is 2.20. The van der Waals surface area contributed by atoms with Crippen LogP contribution in [0.5, 0.6) is 0 Å². The lowest BCUT2D eigenvalue weighted by molar-refractivity contribution is 0.360. The maximum absolute atomic E-state index is 6.18. The minimum atomic E-state index is 0.269. The quantitative estimate of drug-likeness (QED) is 0.916. The molecule has 0 bridgehead atoms. The van der Waals surface area contributed by atoms with Crippen molar-refractivity contribution in [2.75, 3.05) is 38.1 Å². The second-order valence-electron chi connectivity index (χ2n) is 6.15. The number of likely N-dealkylation sites (N-methyl/N-ethyl adjacent to an activating group) is 1. The molecule has 0 amide bonds. The van der Waals surface area contributed by atoms with E-state index in [1.165, 1.54) is 29.8 Å². The highest BCUT2D eigenvalue weighted by Crippen LogP contribution is 2.24. The Morgan fingerprint density at radius 2 is 2.00 bits per heavy atom. The second-order valence-corrected chi connectivity index (χ2v) is 6.15. The van der Waals surface area contributed by atoms with E-state index in [0.29, 0.717) is 0 Å². The summed E-state index contributed by atoms with van der Waals surface area (Å²) in [6, 6.07) is 7.10. The van der Waals surface area contributed by atoms with Gasteiger partial charge >= 0.3 is 0 Å². The van der Waals surface area contributed by atoms with Crippen LogP contribution in [-0.4, -0.2) is 44.2 Å². The Morgan fingerprint density at radius 1 is 1.20 bits per heavy atom. The van der Waals surface area contributed by atoms with Gasteiger partial charge < -0.3 is 15.5 Å². The van der Waals surface area contributed by atoms with E-state index in [1.807, 2.05) is 0 Å². The van der Waals surface area contributed by atoms with E-state index in [-0.39, 0.29) is 6.04 Å². The van der Waals surface area contributed by atoms with E-state index in [2.05, 4.69) is 48.9 Å². The van der Waals surface area contributed by atoms with Crippen molar-refractivity contribution in [2.45, 2.75) is 39.2 Å². The number of benzene rings is 1. The van der Waals surface area contributed by atoms with Crippen LogP contribution in [-0.2, 0) is 6.42 Å². The predicted octanol–water partition coefficient (Wildman–Crippen LogP) is 2.42. The Labute approximate surface area is 123 Å². The van der Waals surface area contributed by atoms with Crippen LogP contribution in [0.2, 0.25) is 0 Å². The zero-order chi connectivity index (χ0) is 14.5. The molecule has 1 aromatic carbocycles. The number of aryl methyl sites for hydroxylation is 1. The molecule has 1 unspecified atom stereocenters. The molecular formula is C17H29N3. The lowest BCUT2D eigenvalue weighted by Crippen LogP contribution is -2.30. The molecule has 1 aromatic rings. The van der Waals surface area contributed by atoms with Gasteiger partial charge in [-0.15, -0.1) is 0 Å². The fourth-order valence-corrected chi connectivity index (χ4v) is 2.90. The van der Waals surface area contributed by atoms with E-state index in [9.17, 15) is 0 Å². The smallest absolute Gasteiger partial charge is 0.0399 e. The zero-order valence-corrected chi connectivity index (χ0v) is 13.2. The monoisotopic (exact) mass is 275 g/mol. The van der Waals surface area contributed by atoms with Crippen LogP contribution in [0.25, 0.3) is 0 Å². The normalized spacial score (nSPS) is 18.9. The summed E-state index contributed by atoms with van der Waals surface area (Å²) in [4.78, 5) is 4.96. The first kappa shape index (κ1) is 15.3. The van der Waals surface area contributed by atoms with Crippen molar-refractivity contribution >= 4 is 5.69 Å². The third-order valence-corrected chi connectivity index (χ3v) is 4.30. The van der Waals surface area contributed by atoms with Crippen molar-refractivity contribution in [1.82, 2.24) is 4.90 Å². The molecule has 0 radical (unpaired) electrons. The highest BCUT2D eigenvalue weighted by atomic mass is 15.2. The zero-order valence-electron chi connectivity index (χ0n) is 13.2. The van der Waals surface area contributed by atoms with Gasteiger partial charge in [0, 0.05) is 31.4 Å². The summed E-state index contributed by atoms with van der Waals surface area (Å²) in [7, 11) is 2.21. The molecule has 3 nitrogen and oxygen atoms in total. The summed E-state index contributed by atoms with van der Waals surface area (Å²) >= 11 is 0. The molecule has 112 valence electrons. The largest absolute Gasteiger partial charge is 0.370 e. The fourth-order valence-electron chi connectivity index (χ4n) is 2.90. The first-order chi connectivity index (χ1) is 9.60. The first-order valence-corrected chi connectivity index (χ1v) is 7.88. The Bertz CT molecular complexity index is 430. The van der Waals surface area contributed by atoms with E-state index in [1.54, 1.807) is 0 Å². The molecule has 3 heteroatoms. The highest BCUT2D eigenvalue weighted by molar-refractivity contribution is 5.55. The molecule has 1 fully saturated rings. The molecule has 0 saturated carbocycles. The lowest BCUT2D eigenvalue weighted by atomic mass is 10.00. The summed E-state index contributed by atoms with van der Waals surface area (Å²) in [6.07, 6.45) is 3.26. The molecule has 1 atom stereocenters. The van der Waals surface area contributed by atoms with Crippen molar-refractivity contribution in [3.8, 4) is 0 Å². The van der Waals surface area contributed by atoms with E-state index in [4.69, 9.17) is 5.73 Å². The van der Waals surface area contributed by atoms with Crippen molar-refractivity contribution in [3.63, 3.8) is 0 Å². The van der Waals surface area contributed by atoms with Crippen molar-refractivity contribution < 1.29 is 0 Å². The molecule has 0 aromatic heterocycles. The minimum absolute atomic E-state index is 0.269. The van der Waals surface area contributed by atoms with Crippen LogP contribution in [0.1, 0.15) is 30.9 Å². The van der Waals surface area contributed by atoms with Gasteiger partial charge in [0.15, 0.2) is 0 Å². The Hall–Kier alpha value is -1.06. The number of hydrogen-bond acceptors (Lipinski definition) is 3. The molecule has 1 heterocycles. The molecule has 2 N–H and O–H groups in total. The number of hydrogen-bond donors (Lipinski definition) is 1. The third kappa shape index (κ3) is 3.97. The molecule has 20 heavy (non-hydrogen) atoms. The molecule has 1 saturated heterocycles. The van der Waals surface area contributed by atoms with Gasteiger partial charge in [-0.2, -0.15) is 0 Å². The Morgan fingerprint density at radius 3 is 2.75 bits per heavy atom. The lowest BCUT2D eigenvalue weighted by Gasteiger charge is -2.27. The summed E-state index contributed by atoms with van der Waals surface area (Å²) in [5.74, 6) is 0. The number of nitrogens with zero attached hydrogens (tertiary/aromatic N) is 2. The average Bonchev–Trinajstić information content (AvgIpc) is 2.64. The van der Waals surface area contributed by atoms with Crippen molar-refractivity contribution in [3.05, 3.63) is 29.3 Å². The third-order valence-electron chi connectivity index (χ3n) is 4.30. The Kier molecular flexibility index (Phi) is 5.44. The number of anilines is 1. The van der Waals surface area contributed by atoms with Gasteiger partial charge in [0.25, 0.3) is 0 Å². The SMILES string of the molecule is CCC(N)Cc1cc(C)ccc1N1CCCN(C)CC1. The molecule has 0 spiro atoms. The van der Waals surface area contributed by atoms with Crippen LogP contribution in [0.4, 0.5) is 5.69 Å². The van der Waals surface area contributed by atoms with Crippen LogP contribution in [0.3, 0.4) is 0 Å². The topological polar surface area (TPSA) is 32.5 Å². The standard InChI is InChI=1S/C17H29N3/c1-4-16(18)13-15-12-14(2)6-7-17(15)20-9-5-8-19(3)10-11-20/h6-7,12,16H,4-5,8-11,13,18H2,1-3H3. The van der Waals surface area contributed by atoms with Crippen LogP contribution < -0.4 is 10.6 Å². The number of rotatable bonds is 4. The van der Waals surface area contributed by atoms with Crippen molar-refractivity contribution in [1.29, 1.82) is 0 Å². The van der Waals surface area contributed by atoms with Gasteiger partial charge in [-0.1, -0.05) is 24.6 Å². The van der Waals surface area contributed by atoms with Gasteiger partial charge in [-0.3, -0.25) is 0 Å². The van der Waals surface area contributed by atoms with Crippen LogP contribution in [0.15, 0.2) is 18.2 Å². The highest BCUT2D eigenvalue weighted by Gasteiger charge is 2.16. The summed E-state index contributed by atoms with van der Waals surface area (Å²) in [6.45, 7) is 8.96. The molecule has 2 rings (SSSR count). The summed E-state index contributed by atoms with van der Waals surface area (Å²) in [5.41, 5.74) is 10.3. The predicted molar refractivity (Wildman–Crippen MR) is 87.5 cm³/mol. The van der Waals surface area contributed by atoms with Gasteiger partial charge in [-0.25, -0.2) is 0 Å². The number of nitrogens with two attached hydrogens (primary N) is 1. The van der Waals surface area contributed by atoms with Gasteiger partial charge in [0.1, 0.15) is 0 Å². The van der Waals surface area contributed by atoms with E-state index >= 15 is 0 Å². The van der Waals surface area contributed by atoms with Gasteiger partial charge in [0.2, 0.25) is 0 Å². The summed E-state index contributed by atoms with van der Waals surface area (Å²) < 4.78 is 0. The van der Waals surface area contributed by atoms with Crippen LogP contribution >= 0.6 is 0 Å². The molecular weight excluding hydrogens is 246 g/mol. The second kappa shape index (κ2) is 7.09. The van der Waals surface area contributed by atoms with Gasteiger partial charge in [0.05, 0.1) is 0 Å². The molecule has 0 aliphatic carbocycles. The van der Waals surface area contributed by atoms with Crippen molar-refractivity contribution in [2.24, 2.45) is 5.73 Å². The molecule has 1 aliphatic heterocycles. The average molecular weight is 275 g/mol. The van der Waals surface area contributed by atoms with E-state index < -0.39 is 0 Å². The van der Waals surface area contributed by atoms with Crippen LogP contribution in [0, 0.1) is 6.92 Å². The van der Waals surface area contributed by atoms with Gasteiger partial charge in [-0.05, 0) is 51.4 Å². The summed E-state index contributed by atoms with van der Waals surface area (Å²) in [5, 5.41) is 0. The maximum Gasteiger partial charge on any atom is 0.0399 e. The fraction of sp³-hybridized carbons (Fsp3) is 0.647. The van der Waals surface area contributed by atoms with E-state index in [0.717, 1.165) is 32.5 Å². The molecule has 1 aliphatic rings. The first-order valence-electron chi connectivity index (χ1n) is 7.88. The maximum atomic E-state index is 6.18. The minimum Gasteiger partial charge on any atom is -0.370 e.